The number of hydrogen-bond acceptors (Lipinski definition) is 6. The standard InChI is InChI=1S/C30H38FN7O2/c1-22(2)14-17-37-29(40)23-8-3-5-10-25(23)38-27(33-34-30(37)38)12-13-28(39)32-15-7-16-35-18-20-36(21-19-35)26-11-6-4-9-24(26)31/h3-6,8-11,22H,7,12-21H2,1-2H3,(H,32,39). The molecule has 40 heavy (non-hydrogen) atoms. The fraction of sp³-hybridized carbons (Fsp3) is 0.467. The van der Waals surface area contributed by atoms with E-state index in [9.17, 15) is 14.0 Å². The summed E-state index contributed by atoms with van der Waals surface area (Å²) in [5, 5.41) is 12.4. The Hall–Kier alpha value is -3.79. The van der Waals surface area contributed by atoms with Crippen molar-refractivity contribution in [1.82, 2.24) is 29.4 Å². The minimum atomic E-state index is -0.175. The fourth-order valence-corrected chi connectivity index (χ4v) is 5.33. The minimum Gasteiger partial charge on any atom is -0.367 e. The van der Waals surface area contributed by atoms with Gasteiger partial charge in [-0.3, -0.25) is 23.5 Å². The summed E-state index contributed by atoms with van der Waals surface area (Å²) in [6.07, 6.45) is 2.44. The zero-order chi connectivity index (χ0) is 28.1. The summed E-state index contributed by atoms with van der Waals surface area (Å²) in [6, 6.07) is 14.4. The molecular formula is C30H38FN7O2. The lowest BCUT2D eigenvalue weighted by molar-refractivity contribution is -0.121. The summed E-state index contributed by atoms with van der Waals surface area (Å²) in [6.45, 7) is 9.65. The summed E-state index contributed by atoms with van der Waals surface area (Å²) in [5.74, 6) is 1.44. The van der Waals surface area contributed by atoms with Gasteiger partial charge in [-0.15, -0.1) is 10.2 Å². The zero-order valence-electron chi connectivity index (χ0n) is 23.4. The number of halogens is 1. The van der Waals surface area contributed by atoms with Crippen LogP contribution < -0.4 is 15.8 Å². The summed E-state index contributed by atoms with van der Waals surface area (Å²) < 4.78 is 17.7. The van der Waals surface area contributed by atoms with Gasteiger partial charge < -0.3 is 10.2 Å². The van der Waals surface area contributed by atoms with Crippen LogP contribution >= 0.6 is 0 Å². The number of benzene rings is 2. The van der Waals surface area contributed by atoms with Crippen molar-refractivity contribution in [2.24, 2.45) is 5.92 Å². The molecule has 5 rings (SSSR count). The molecule has 10 heteroatoms. The average Bonchev–Trinajstić information content (AvgIpc) is 3.39. The number of carbonyl (C=O) groups excluding carboxylic acids is 1. The smallest absolute Gasteiger partial charge is 0.262 e. The van der Waals surface area contributed by atoms with Crippen LogP contribution in [0.2, 0.25) is 0 Å². The van der Waals surface area contributed by atoms with E-state index in [2.05, 4.69) is 39.2 Å². The molecule has 2 aromatic carbocycles. The molecule has 0 unspecified atom stereocenters. The predicted octanol–water partition coefficient (Wildman–Crippen LogP) is 3.49. The van der Waals surface area contributed by atoms with Crippen molar-refractivity contribution >= 4 is 28.3 Å². The maximum absolute atomic E-state index is 14.1. The van der Waals surface area contributed by atoms with Crippen LogP contribution in [0.4, 0.5) is 10.1 Å². The lowest BCUT2D eigenvalue weighted by atomic mass is 10.1. The number of hydrogen-bond donors (Lipinski definition) is 1. The van der Waals surface area contributed by atoms with E-state index in [4.69, 9.17) is 0 Å². The predicted molar refractivity (Wildman–Crippen MR) is 155 cm³/mol. The second kappa shape index (κ2) is 12.6. The lowest BCUT2D eigenvalue weighted by Gasteiger charge is -2.36. The molecule has 0 saturated carbocycles. The van der Waals surface area contributed by atoms with Gasteiger partial charge in [0.25, 0.3) is 5.56 Å². The highest BCUT2D eigenvalue weighted by atomic mass is 19.1. The molecule has 1 aliphatic rings. The third-order valence-corrected chi connectivity index (χ3v) is 7.62. The molecule has 4 aromatic rings. The van der Waals surface area contributed by atoms with E-state index < -0.39 is 0 Å². The number of para-hydroxylation sites is 2. The molecule has 1 amide bonds. The van der Waals surface area contributed by atoms with Crippen molar-refractivity contribution in [2.45, 2.75) is 46.1 Å². The third kappa shape index (κ3) is 6.17. The Morgan fingerprint density at radius 2 is 1.75 bits per heavy atom. The highest BCUT2D eigenvalue weighted by Crippen LogP contribution is 2.20. The molecule has 3 heterocycles. The average molecular weight is 548 g/mol. The monoisotopic (exact) mass is 547 g/mol. The van der Waals surface area contributed by atoms with Crippen LogP contribution in [0.5, 0.6) is 0 Å². The van der Waals surface area contributed by atoms with Gasteiger partial charge in [0.05, 0.1) is 16.6 Å². The molecule has 1 saturated heterocycles. The number of carbonyl (C=O) groups is 1. The zero-order valence-corrected chi connectivity index (χ0v) is 23.4. The Bertz CT molecular complexity index is 1520. The van der Waals surface area contributed by atoms with Crippen LogP contribution in [-0.2, 0) is 17.8 Å². The highest BCUT2D eigenvalue weighted by Gasteiger charge is 2.20. The van der Waals surface area contributed by atoms with E-state index in [0.29, 0.717) is 54.5 Å². The summed E-state index contributed by atoms with van der Waals surface area (Å²) in [4.78, 5) is 30.3. The molecule has 212 valence electrons. The second-order valence-corrected chi connectivity index (χ2v) is 10.9. The third-order valence-electron chi connectivity index (χ3n) is 7.62. The molecule has 9 nitrogen and oxygen atoms in total. The van der Waals surface area contributed by atoms with Crippen molar-refractivity contribution in [3.63, 3.8) is 0 Å². The van der Waals surface area contributed by atoms with Gasteiger partial charge in [-0.25, -0.2) is 4.39 Å². The first kappa shape index (κ1) is 27.8. The first-order valence-electron chi connectivity index (χ1n) is 14.3. The van der Waals surface area contributed by atoms with Crippen molar-refractivity contribution in [3.05, 3.63) is 70.5 Å². The molecule has 1 aliphatic heterocycles. The number of rotatable bonds is 11. The molecule has 0 aliphatic carbocycles. The van der Waals surface area contributed by atoms with Gasteiger partial charge in [0.15, 0.2) is 0 Å². The van der Waals surface area contributed by atoms with Gasteiger partial charge >= 0.3 is 0 Å². The Morgan fingerprint density at radius 1 is 1.00 bits per heavy atom. The van der Waals surface area contributed by atoms with Crippen LogP contribution in [0.15, 0.2) is 53.3 Å². The molecule has 0 radical (unpaired) electrons. The maximum atomic E-state index is 14.1. The Morgan fingerprint density at radius 3 is 2.52 bits per heavy atom. The summed E-state index contributed by atoms with van der Waals surface area (Å²) in [5.41, 5.74) is 1.37. The SMILES string of the molecule is CC(C)CCn1c(=O)c2ccccc2n2c(CCC(=O)NCCCN3CCN(c4ccccc4F)CC3)nnc12. The number of piperazine rings is 1. The number of nitrogens with one attached hydrogen (secondary N) is 1. The van der Waals surface area contributed by atoms with Crippen LogP contribution in [0.3, 0.4) is 0 Å². The maximum Gasteiger partial charge on any atom is 0.262 e. The number of anilines is 1. The number of fused-ring (bicyclic) bond motifs is 3. The number of amides is 1. The van der Waals surface area contributed by atoms with E-state index in [0.717, 1.165) is 51.1 Å². The van der Waals surface area contributed by atoms with Crippen LogP contribution in [0.1, 0.15) is 38.9 Å². The van der Waals surface area contributed by atoms with Gasteiger partial charge in [0.2, 0.25) is 11.7 Å². The van der Waals surface area contributed by atoms with Gasteiger partial charge in [0.1, 0.15) is 11.6 Å². The second-order valence-electron chi connectivity index (χ2n) is 10.9. The fourth-order valence-electron chi connectivity index (χ4n) is 5.33. The molecular weight excluding hydrogens is 509 g/mol. The first-order valence-corrected chi connectivity index (χ1v) is 14.3. The van der Waals surface area contributed by atoms with Gasteiger partial charge in [0, 0.05) is 52.1 Å². The van der Waals surface area contributed by atoms with Crippen LogP contribution in [0, 0.1) is 11.7 Å². The number of nitrogens with zero attached hydrogens (tertiary/aromatic N) is 6. The number of aromatic nitrogens is 4. The normalized spacial score (nSPS) is 14.4. The Balaban J connectivity index is 1.13. The van der Waals surface area contributed by atoms with Gasteiger partial charge in [-0.05, 0) is 49.6 Å². The van der Waals surface area contributed by atoms with Crippen LogP contribution in [0.25, 0.3) is 16.7 Å². The first-order chi connectivity index (χ1) is 19.4. The van der Waals surface area contributed by atoms with E-state index in [1.165, 1.54) is 6.07 Å². The van der Waals surface area contributed by atoms with Crippen LogP contribution in [-0.4, -0.2) is 69.2 Å². The summed E-state index contributed by atoms with van der Waals surface area (Å²) in [7, 11) is 0. The topological polar surface area (TPSA) is 87.8 Å². The Kier molecular flexibility index (Phi) is 8.74. The minimum absolute atomic E-state index is 0.0291. The van der Waals surface area contributed by atoms with E-state index in [-0.39, 0.29) is 17.3 Å². The molecule has 1 fully saturated rings. The van der Waals surface area contributed by atoms with Gasteiger partial charge in [-0.2, -0.15) is 0 Å². The largest absolute Gasteiger partial charge is 0.367 e. The highest BCUT2D eigenvalue weighted by molar-refractivity contribution is 5.80. The molecule has 0 atom stereocenters. The molecule has 0 bridgehead atoms. The van der Waals surface area contributed by atoms with Crippen molar-refractivity contribution < 1.29 is 9.18 Å². The lowest BCUT2D eigenvalue weighted by Crippen LogP contribution is -2.47. The van der Waals surface area contributed by atoms with Gasteiger partial charge in [-0.1, -0.05) is 38.1 Å². The van der Waals surface area contributed by atoms with Crippen molar-refractivity contribution in [2.75, 3.05) is 44.2 Å². The molecule has 2 aromatic heterocycles. The molecule has 0 spiro atoms. The van der Waals surface area contributed by atoms with E-state index in [1.807, 2.05) is 40.8 Å². The van der Waals surface area contributed by atoms with Crippen molar-refractivity contribution in [1.29, 1.82) is 0 Å². The molecule has 1 N–H and O–H groups in total. The Labute approximate surface area is 233 Å². The quantitative estimate of drug-likeness (QED) is 0.289. The summed E-state index contributed by atoms with van der Waals surface area (Å²) >= 11 is 0. The van der Waals surface area contributed by atoms with E-state index in [1.54, 1.807) is 10.6 Å². The number of aryl methyl sites for hydroxylation is 2. The van der Waals surface area contributed by atoms with Crippen molar-refractivity contribution in [3.8, 4) is 0 Å². The van der Waals surface area contributed by atoms with E-state index >= 15 is 0 Å².